The maximum atomic E-state index is 11.1. The van der Waals surface area contributed by atoms with Crippen LogP contribution in [0.2, 0.25) is 19.6 Å². The quantitative estimate of drug-likeness (QED) is 0.858. The number of methoxy groups -OCH3 is 2. The predicted molar refractivity (Wildman–Crippen MR) is 77.5 cm³/mol. The molecule has 0 spiro atoms. The number of aryl methyl sites for hydroxylation is 1. The van der Waals surface area contributed by atoms with E-state index in [4.69, 9.17) is 19.9 Å². The van der Waals surface area contributed by atoms with Crippen LogP contribution in [-0.4, -0.2) is 28.4 Å². The molecular weight excluding hydrogens is 262 g/mol. The summed E-state index contributed by atoms with van der Waals surface area (Å²) in [5.41, 5.74) is 5.96. The van der Waals surface area contributed by atoms with Crippen molar-refractivity contribution in [2.24, 2.45) is 5.73 Å². The zero-order chi connectivity index (χ0) is 14.8. The molecule has 1 rings (SSSR count). The molecule has 1 aromatic carbocycles. The fourth-order valence-corrected chi connectivity index (χ4v) is 3.85. The van der Waals surface area contributed by atoms with Crippen molar-refractivity contribution in [3.8, 4) is 17.2 Å². The van der Waals surface area contributed by atoms with Crippen molar-refractivity contribution in [1.29, 1.82) is 0 Å². The Morgan fingerprint density at radius 3 is 2.05 bits per heavy atom. The number of primary amides is 1. The van der Waals surface area contributed by atoms with E-state index in [0.717, 1.165) is 10.8 Å². The first kappa shape index (κ1) is 15.4. The van der Waals surface area contributed by atoms with Crippen LogP contribution in [0.15, 0.2) is 6.07 Å². The Kier molecular flexibility index (Phi) is 4.46. The number of nitrogens with two attached hydrogens (primary N) is 1. The third-order valence-electron chi connectivity index (χ3n) is 2.75. The van der Waals surface area contributed by atoms with E-state index < -0.39 is 14.2 Å². The van der Waals surface area contributed by atoms with Gasteiger partial charge in [0.05, 0.1) is 22.3 Å². The highest BCUT2D eigenvalue weighted by Crippen LogP contribution is 2.35. The summed E-state index contributed by atoms with van der Waals surface area (Å²) in [6.07, 6.45) is -0.828. The van der Waals surface area contributed by atoms with Crippen LogP contribution in [-0.2, 0) is 0 Å². The Morgan fingerprint density at radius 2 is 1.68 bits per heavy atom. The van der Waals surface area contributed by atoms with Crippen LogP contribution < -0.4 is 25.1 Å². The zero-order valence-electron chi connectivity index (χ0n) is 12.3. The highest BCUT2D eigenvalue weighted by atomic mass is 28.3. The Balaban J connectivity index is 3.64. The van der Waals surface area contributed by atoms with E-state index in [1.807, 2.05) is 6.92 Å². The van der Waals surface area contributed by atoms with Gasteiger partial charge in [0.2, 0.25) is 0 Å². The second-order valence-corrected chi connectivity index (χ2v) is 10.3. The van der Waals surface area contributed by atoms with E-state index >= 15 is 0 Å². The number of rotatable bonds is 4. The molecule has 0 heterocycles. The van der Waals surface area contributed by atoms with E-state index in [9.17, 15) is 4.79 Å². The molecule has 0 aliphatic carbocycles. The van der Waals surface area contributed by atoms with Crippen LogP contribution >= 0.6 is 0 Å². The molecule has 0 aliphatic heterocycles. The van der Waals surface area contributed by atoms with Gasteiger partial charge in [-0.15, -0.1) is 0 Å². The van der Waals surface area contributed by atoms with Gasteiger partial charge in [0.1, 0.15) is 5.75 Å². The lowest BCUT2D eigenvalue weighted by atomic mass is 10.2. The molecule has 0 unspecified atom stereocenters. The van der Waals surface area contributed by atoms with E-state index in [2.05, 4.69) is 19.6 Å². The summed E-state index contributed by atoms with van der Waals surface area (Å²) in [6.45, 7) is 8.26. The van der Waals surface area contributed by atoms with Gasteiger partial charge in [-0.05, 0) is 18.6 Å². The number of ether oxygens (including phenoxy) is 3. The molecular formula is C13H21NO4Si. The van der Waals surface area contributed by atoms with Crippen LogP contribution in [0.1, 0.15) is 5.56 Å². The fraction of sp³-hybridized carbons (Fsp3) is 0.462. The average molecular weight is 283 g/mol. The number of hydrogen-bond acceptors (Lipinski definition) is 4. The first-order valence-corrected chi connectivity index (χ1v) is 9.45. The summed E-state index contributed by atoms with van der Waals surface area (Å²) in [6, 6.07) is 1.76. The van der Waals surface area contributed by atoms with Crippen LogP contribution in [0.25, 0.3) is 0 Å². The second kappa shape index (κ2) is 5.52. The Labute approximate surface area is 114 Å². The molecule has 1 amide bonds. The number of carbonyl (C=O) groups is 1. The van der Waals surface area contributed by atoms with Crippen LogP contribution in [0.4, 0.5) is 4.79 Å². The van der Waals surface area contributed by atoms with Gasteiger partial charge in [-0.25, -0.2) is 4.79 Å². The van der Waals surface area contributed by atoms with Gasteiger partial charge in [0.25, 0.3) is 0 Å². The first-order chi connectivity index (χ1) is 8.72. The van der Waals surface area contributed by atoms with E-state index in [0.29, 0.717) is 17.2 Å². The van der Waals surface area contributed by atoms with Crippen LogP contribution in [0, 0.1) is 6.92 Å². The fourth-order valence-electron chi connectivity index (χ4n) is 2.09. The maximum Gasteiger partial charge on any atom is 0.409 e. The van der Waals surface area contributed by atoms with Crippen molar-refractivity contribution in [2.45, 2.75) is 26.6 Å². The molecule has 5 nitrogen and oxygen atoms in total. The highest BCUT2D eigenvalue weighted by molar-refractivity contribution is 6.90. The van der Waals surface area contributed by atoms with Crippen molar-refractivity contribution in [2.75, 3.05) is 14.2 Å². The number of amides is 1. The summed E-state index contributed by atoms with van der Waals surface area (Å²) in [5, 5.41) is 0.885. The van der Waals surface area contributed by atoms with Gasteiger partial charge in [0, 0.05) is 5.19 Å². The van der Waals surface area contributed by atoms with Gasteiger partial charge in [-0.2, -0.15) is 0 Å². The second-order valence-electron chi connectivity index (χ2n) is 5.30. The topological polar surface area (TPSA) is 70.8 Å². The van der Waals surface area contributed by atoms with Crippen molar-refractivity contribution < 1.29 is 19.0 Å². The summed E-state index contributed by atoms with van der Waals surface area (Å²) < 4.78 is 16.0. The number of carbonyl (C=O) groups excluding carboxylic acids is 1. The molecule has 0 aliphatic rings. The van der Waals surface area contributed by atoms with Gasteiger partial charge < -0.3 is 19.9 Å². The van der Waals surface area contributed by atoms with Crippen molar-refractivity contribution in [3.63, 3.8) is 0 Å². The van der Waals surface area contributed by atoms with E-state index in [1.165, 1.54) is 0 Å². The molecule has 106 valence electrons. The normalized spacial score (nSPS) is 11.1. The van der Waals surface area contributed by atoms with Gasteiger partial charge in [0.15, 0.2) is 11.5 Å². The van der Waals surface area contributed by atoms with Crippen LogP contribution in [0.3, 0.4) is 0 Å². The Bertz CT molecular complexity index is 494. The largest absolute Gasteiger partial charge is 0.493 e. The molecule has 0 fully saturated rings. The third kappa shape index (κ3) is 3.20. The average Bonchev–Trinajstić information content (AvgIpc) is 2.25. The zero-order valence-corrected chi connectivity index (χ0v) is 13.3. The predicted octanol–water partition coefficient (Wildman–Crippen LogP) is 2.01. The molecule has 2 N–H and O–H groups in total. The minimum absolute atomic E-state index is 0.460. The summed E-state index contributed by atoms with van der Waals surface area (Å²) in [4.78, 5) is 11.1. The van der Waals surface area contributed by atoms with Gasteiger partial charge in [-0.3, -0.25) is 0 Å². The van der Waals surface area contributed by atoms with Crippen molar-refractivity contribution >= 4 is 19.4 Å². The van der Waals surface area contributed by atoms with Crippen LogP contribution in [0.5, 0.6) is 17.2 Å². The summed E-state index contributed by atoms with van der Waals surface area (Å²) >= 11 is 0. The van der Waals surface area contributed by atoms with E-state index in [1.54, 1.807) is 20.3 Å². The summed E-state index contributed by atoms with van der Waals surface area (Å²) in [7, 11) is 1.35. The Hall–Kier alpha value is -1.69. The molecule has 0 atom stereocenters. The van der Waals surface area contributed by atoms with Gasteiger partial charge >= 0.3 is 6.09 Å². The lowest BCUT2D eigenvalue weighted by Crippen LogP contribution is -2.41. The standard InChI is InChI=1S/C13H21NO4Si/c1-8-7-9(18-13(14)15)12(19(4,5)6)11(17-3)10(8)16-2/h7H,1-6H3,(H2,14,15). The monoisotopic (exact) mass is 283 g/mol. The maximum absolute atomic E-state index is 11.1. The SMILES string of the molecule is COc1c(C)cc(OC(N)=O)c([Si](C)(C)C)c1OC. The molecule has 1 aromatic rings. The molecule has 0 aromatic heterocycles. The molecule has 0 saturated heterocycles. The molecule has 0 saturated carbocycles. The molecule has 19 heavy (non-hydrogen) atoms. The number of hydrogen-bond donors (Lipinski definition) is 1. The van der Waals surface area contributed by atoms with Crippen molar-refractivity contribution in [1.82, 2.24) is 0 Å². The number of benzene rings is 1. The van der Waals surface area contributed by atoms with E-state index in [-0.39, 0.29) is 0 Å². The highest BCUT2D eigenvalue weighted by Gasteiger charge is 2.30. The smallest absolute Gasteiger partial charge is 0.409 e. The molecule has 0 radical (unpaired) electrons. The van der Waals surface area contributed by atoms with Crippen molar-refractivity contribution in [3.05, 3.63) is 11.6 Å². The minimum Gasteiger partial charge on any atom is -0.493 e. The minimum atomic E-state index is -1.82. The lowest BCUT2D eigenvalue weighted by molar-refractivity contribution is 0.211. The summed E-state index contributed by atoms with van der Waals surface area (Å²) in [5.74, 6) is 1.75. The van der Waals surface area contributed by atoms with Gasteiger partial charge in [-0.1, -0.05) is 19.6 Å². The molecule has 6 heteroatoms. The molecule has 0 bridgehead atoms. The first-order valence-electron chi connectivity index (χ1n) is 5.95. The Morgan fingerprint density at radius 1 is 1.16 bits per heavy atom. The third-order valence-corrected chi connectivity index (χ3v) is 4.73. The lowest BCUT2D eigenvalue weighted by Gasteiger charge is -2.25.